The molecule has 1 amide bonds. The predicted molar refractivity (Wildman–Crippen MR) is 84.6 cm³/mol. The molecule has 0 aliphatic carbocycles. The first-order chi connectivity index (χ1) is 10.6. The maximum Gasteiger partial charge on any atom is 0.289 e. The van der Waals surface area contributed by atoms with Crippen molar-refractivity contribution in [2.24, 2.45) is 0 Å². The Morgan fingerprint density at radius 2 is 2.14 bits per heavy atom. The Balaban J connectivity index is 1.74. The van der Waals surface area contributed by atoms with Gasteiger partial charge in [-0.25, -0.2) is 4.98 Å². The number of nitrogens with zero attached hydrogens (tertiary/aromatic N) is 1. The van der Waals surface area contributed by atoms with Gasteiger partial charge >= 0.3 is 0 Å². The van der Waals surface area contributed by atoms with E-state index in [1.807, 2.05) is 30.3 Å². The van der Waals surface area contributed by atoms with Crippen molar-refractivity contribution in [3.63, 3.8) is 0 Å². The van der Waals surface area contributed by atoms with Crippen LogP contribution >= 0.6 is 0 Å². The molecule has 2 aromatic rings. The Kier molecular flexibility index (Phi) is 4.24. The number of carbonyl (C=O) groups excluding carboxylic acids is 1. The highest BCUT2D eigenvalue weighted by molar-refractivity contribution is 5.93. The largest absolute Gasteiger partial charge is 0.431 e. The number of amides is 1. The fraction of sp³-hybridized carbons (Fsp3) is 0.412. The zero-order valence-electron chi connectivity index (χ0n) is 12.9. The molecule has 1 aromatic carbocycles. The smallest absolute Gasteiger partial charge is 0.289 e. The monoisotopic (exact) mass is 299 g/mol. The fourth-order valence-corrected chi connectivity index (χ4v) is 2.83. The van der Waals surface area contributed by atoms with Crippen molar-refractivity contribution in [1.82, 2.24) is 15.6 Å². The summed E-state index contributed by atoms with van der Waals surface area (Å²) in [6.07, 6.45) is 1.87. The number of hydrogen-bond donors (Lipinski definition) is 2. The van der Waals surface area contributed by atoms with Gasteiger partial charge in [-0.1, -0.05) is 18.2 Å². The standard InChI is InChI=1S/C17H21N3O2/c1-11-10-14(8-9-18-11)20-16(21)15-12(2)19-17(22-15)13-6-4-3-5-7-13/h3-7,11,14,18H,8-10H2,1-2H3,(H,20,21). The number of piperidine rings is 1. The van der Waals surface area contributed by atoms with E-state index < -0.39 is 0 Å². The molecule has 1 aliphatic rings. The van der Waals surface area contributed by atoms with Crippen LogP contribution in [0.25, 0.3) is 11.5 Å². The Labute approximate surface area is 130 Å². The van der Waals surface area contributed by atoms with Crippen molar-refractivity contribution < 1.29 is 9.21 Å². The molecule has 5 nitrogen and oxygen atoms in total. The average molecular weight is 299 g/mol. The molecule has 5 heteroatoms. The molecular formula is C17H21N3O2. The minimum Gasteiger partial charge on any atom is -0.431 e. The van der Waals surface area contributed by atoms with E-state index in [9.17, 15) is 4.79 Å². The number of rotatable bonds is 3. The van der Waals surface area contributed by atoms with Gasteiger partial charge in [-0.15, -0.1) is 0 Å². The summed E-state index contributed by atoms with van der Waals surface area (Å²) in [5.41, 5.74) is 1.50. The molecule has 3 rings (SSSR count). The molecule has 0 bridgehead atoms. The minimum atomic E-state index is -0.175. The molecule has 1 fully saturated rings. The Bertz CT molecular complexity index is 651. The van der Waals surface area contributed by atoms with Crippen LogP contribution < -0.4 is 10.6 Å². The van der Waals surface area contributed by atoms with Crippen molar-refractivity contribution in [2.75, 3.05) is 6.54 Å². The van der Waals surface area contributed by atoms with E-state index in [1.165, 1.54) is 0 Å². The average Bonchev–Trinajstić information content (AvgIpc) is 2.90. The fourth-order valence-electron chi connectivity index (χ4n) is 2.83. The van der Waals surface area contributed by atoms with Gasteiger partial charge in [0.2, 0.25) is 11.7 Å². The molecule has 2 unspecified atom stereocenters. The topological polar surface area (TPSA) is 67.2 Å². The van der Waals surface area contributed by atoms with Gasteiger partial charge in [-0.2, -0.15) is 0 Å². The van der Waals surface area contributed by atoms with Crippen molar-refractivity contribution in [1.29, 1.82) is 0 Å². The van der Waals surface area contributed by atoms with Crippen LogP contribution in [-0.2, 0) is 0 Å². The Hall–Kier alpha value is -2.14. The van der Waals surface area contributed by atoms with Gasteiger partial charge in [0.05, 0.1) is 5.69 Å². The van der Waals surface area contributed by atoms with Crippen molar-refractivity contribution in [3.05, 3.63) is 41.8 Å². The van der Waals surface area contributed by atoms with Crippen molar-refractivity contribution in [2.45, 2.75) is 38.8 Å². The van der Waals surface area contributed by atoms with E-state index in [4.69, 9.17) is 4.42 Å². The zero-order valence-corrected chi connectivity index (χ0v) is 12.9. The third-order valence-corrected chi connectivity index (χ3v) is 3.98. The van der Waals surface area contributed by atoms with E-state index >= 15 is 0 Å². The normalized spacial score (nSPS) is 21.5. The summed E-state index contributed by atoms with van der Waals surface area (Å²) < 4.78 is 5.69. The third-order valence-electron chi connectivity index (χ3n) is 3.98. The molecule has 2 heterocycles. The molecule has 0 spiro atoms. The first-order valence-corrected chi connectivity index (χ1v) is 7.70. The van der Waals surface area contributed by atoms with Gasteiger partial charge in [-0.3, -0.25) is 4.79 Å². The van der Waals surface area contributed by atoms with Gasteiger partial charge in [0.25, 0.3) is 5.91 Å². The quantitative estimate of drug-likeness (QED) is 0.914. The van der Waals surface area contributed by atoms with E-state index in [1.54, 1.807) is 6.92 Å². The van der Waals surface area contributed by atoms with Crippen LogP contribution in [0.15, 0.2) is 34.7 Å². The van der Waals surface area contributed by atoms with E-state index in [0.29, 0.717) is 23.4 Å². The SMILES string of the molecule is Cc1nc(-c2ccccc2)oc1C(=O)NC1CCNC(C)C1. The van der Waals surface area contributed by atoms with Crippen LogP contribution in [0, 0.1) is 6.92 Å². The lowest BCUT2D eigenvalue weighted by Crippen LogP contribution is -2.46. The highest BCUT2D eigenvalue weighted by atomic mass is 16.4. The van der Waals surface area contributed by atoms with Gasteiger partial charge in [0, 0.05) is 17.6 Å². The predicted octanol–water partition coefficient (Wildman–Crippen LogP) is 2.52. The van der Waals surface area contributed by atoms with Gasteiger partial charge in [0.1, 0.15) is 0 Å². The molecule has 0 saturated carbocycles. The van der Waals surface area contributed by atoms with Crippen molar-refractivity contribution >= 4 is 5.91 Å². The molecule has 1 aromatic heterocycles. The highest BCUT2D eigenvalue weighted by Crippen LogP contribution is 2.21. The van der Waals surface area contributed by atoms with Gasteiger partial charge in [-0.05, 0) is 45.4 Å². The number of nitrogens with one attached hydrogen (secondary N) is 2. The zero-order chi connectivity index (χ0) is 15.5. The third kappa shape index (κ3) is 3.20. The maximum atomic E-state index is 12.4. The summed E-state index contributed by atoms with van der Waals surface area (Å²) in [4.78, 5) is 16.8. The maximum absolute atomic E-state index is 12.4. The molecule has 1 saturated heterocycles. The summed E-state index contributed by atoms with van der Waals surface area (Å²) in [7, 11) is 0. The molecule has 22 heavy (non-hydrogen) atoms. The first-order valence-electron chi connectivity index (χ1n) is 7.70. The minimum absolute atomic E-state index is 0.175. The lowest BCUT2D eigenvalue weighted by Gasteiger charge is -2.28. The van der Waals surface area contributed by atoms with Crippen LogP contribution in [0.5, 0.6) is 0 Å². The molecular weight excluding hydrogens is 278 g/mol. The Morgan fingerprint density at radius 3 is 2.86 bits per heavy atom. The summed E-state index contributed by atoms with van der Waals surface area (Å²) in [6.45, 7) is 4.86. The van der Waals surface area contributed by atoms with Crippen LogP contribution in [0.4, 0.5) is 0 Å². The van der Waals surface area contributed by atoms with Crippen LogP contribution in [-0.4, -0.2) is 29.5 Å². The van der Waals surface area contributed by atoms with Crippen LogP contribution in [0.2, 0.25) is 0 Å². The number of hydrogen-bond acceptors (Lipinski definition) is 4. The number of carbonyl (C=O) groups is 1. The molecule has 2 N–H and O–H groups in total. The van der Waals surface area contributed by atoms with Crippen LogP contribution in [0.3, 0.4) is 0 Å². The van der Waals surface area contributed by atoms with Crippen molar-refractivity contribution in [3.8, 4) is 11.5 Å². The van der Waals surface area contributed by atoms with E-state index in [-0.39, 0.29) is 11.9 Å². The van der Waals surface area contributed by atoms with E-state index in [2.05, 4.69) is 22.5 Å². The molecule has 0 radical (unpaired) electrons. The Morgan fingerprint density at radius 1 is 1.36 bits per heavy atom. The molecule has 2 atom stereocenters. The lowest BCUT2D eigenvalue weighted by atomic mass is 10.0. The number of aromatic nitrogens is 1. The number of aryl methyl sites for hydroxylation is 1. The summed E-state index contributed by atoms with van der Waals surface area (Å²) >= 11 is 0. The second-order valence-electron chi connectivity index (χ2n) is 5.85. The number of benzene rings is 1. The lowest BCUT2D eigenvalue weighted by molar-refractivity contribution is 0.0897. The number of oxazole rings is 1. The second-order valence-corrected chi connectivity index (χ2v) is 5.85. The summed E-state index contributed by atoms with van der Waals surface area (Å²) in [6, 6.07) is 10.2. The highest BCUT2D eigenvalue weighted by Gasteiger charge is 2.24. The molecule has 116 valence electrons. The van der Waals surface area contributed by atoms with E-state index in [0.717, 1.165) is 24.9 Å². The van der Waals surface area contributed by atoms with Gasteiger partial charge in [0.15, 0.2) is 0 Å². The first kappa shape index (κ1) is 14.8. The second kappa shape index (κ2) is 6.32. The summed E-state index contributed by atoms with van der Waals surface area (Å²) in [5.74, 6) is 0.623. The van der Waals surface area contributed by atoms with Gasteiger partial charge < -0.3 is 15.1 Å². The van der Waals surface area contributed by atoms with Crippen LogP contribution in [0.1, 0.15) is 36.0 Å². The molecule has 1 aliphatic heterocycles. The summed E-state index contributed by atoms with van der Waals surface area (Å²) in [5, 5.41) is 6.43.